The van der Waals surface area contributed by atoms with E-state index in [1.54, 1.807) is 5.57 Å². The van der Waals surface area contributed by atoms with E-state index in [-0.39, 0.29) is 18.4 Å². The van der Waals surface area contributed by atoms with Crippen molar-refractivity contribution in [3.8, 4) is 0 Å². The summed E-state index contributed by atoms with van der Waals surface area (Å²) in [4.78, 5) is 27.0. The maximum Gasteiger partial charge on any atom is 0.243 e. The van der Waals surface area contributed by atoms with Gasteiger partial charge < -0.3 is 32.3 Å². The van der Waals surface area contributed by atoms with E-state index < -0.39 is 6.04 Å². The van der Waals surface area contributed by atoms with Crippen molar-refractivity contribution < 1.29 is 9.59 Å². The second kappa shape index (κ2) is 36.2. The van der Waals surface area contributed by atoms with E-state index in [4.69, 9.17) is 5.73 Å². The summed E-state index contributed by atoms with van der Waals surface area (Å²) in [6, 6.07) is -0.521. The molecule has 70 heavy (non-hydrogen) atoms. The predicted octanol–water partition coefficient (Wildman–Crippen LogP) is 13.9. The van der Waals surface area contributed by atoms with Gasteiger partial charge in [0.1, 0.15) is 6.04 Å². The van der Waals surface area contributed by atoms with Gasteiger partial charge in [0.25, 0.3) is 0 Å². The minimum atomic E-state index is -0.521. The van der Waals surface area contributed by atoms with Gasteiger partial charge in [-0.15, -0.1) is 0 Å². The molecule has 4 rings (SSSR count). The van der Waals surface area contributed by atoms with Gasteiger partial charge in [0.05, 0.1) is 6.54 Å². The zero-order valence-electron chi connectivity index (χ0n) is 46.7. The molecule has 0 heterocycles. The van der Waals surface area contributed by atoms with E-state index in [2.05, 4.69) is 74.2 Å². The molecule has 7 unspecified atom stereocenters. The molecule has 0 spiro atoms. The zero-order valence-corrected chi connectivity index (χ0v) is 48.3. The normalized spacial score (nSPS) is 26.1. The van der Waals surface area contributed by atoms with Crippen LogP contribution in [0.4, 0.5) is 0 Å². The topological polar surface area (TPSA) is 120 Å². The Morgan fingerprint density at radius 2 is 1.27 bits per heavy atom. The lowest BCUT2D eigenvalue weighted by Crippen LogP contribution is -2.51. The third kappa shape index (κ3) is 22.2. The van der Waals surface area contributed by atoms with Crippen molar-refractivity contribution in [2.24, 2.45) is 52.1 Å². The lowest BCUT2D eigenvalue weighted by Gasteiger charge is -2.58. The SMILES string of the molecule is CCCCCCCCCCCCCCCCCCNC(=O)C(CSS[C@H]1CCC2(C)C(=CCC3C2CCC2(C)C3CCC2[C@H](C)CCCC(C)C)C1)NC(=O)CNCCCNCCCCNCCCN. The first-order valence-corrected chi connectivity index (χ1v) is 32.8. The molecular formula is C60H114N6O2S2. The Morgan fingerprint density at radius 1 is 0.671 bits per heavy atom. The van der Waals surface area contributed by atoms with Crippen molar-refractivity contribution in [3.05, 3.63) is 11.6 Å². The number of unbranched alkanes of at least 4 members (excludes halogenated alkanes) is 16. The van der Waals surface area contributed by atoms with Gasteiger partial charge in [-0.2, -0.15) is 0 Å². The molecule has 0 radical (unpaired) electrons. The molecule has 7 N–H and O–H groups in total. The first-order chi connectivity index (χ1) is 34.0. The summed E-state index contributed by atoms with van der Waals surface area (Å²) >= 11 is 0. The molecule has 0 aromatic rings. The van der Waals surface area contributed by atoms with Crippen LogP contribution in [0.15, 0.2) is 11.6 Å². The lowest BCUT2D eigenvalue weighted by molar-refractivity contribution is -0.128. The Balaban J connectivity index is 1.17. The molecule has 3 saturated carbocycles. The highest BCUT2D eigenvalue weighted by Crippen LogP contribution is 2.67. The average Bonchev–Trinajstić information content (AvgIpc) is 3.70. The summed E-state index contributed by atoms with van der Waals surface area (Å²) in [5.41, 5.74) is 8.19. The number of amides is 2. The van der Waals surface area contributed by atoms with Gasteiger partial charge in [0.15, 0.2) is 0 Å². The van der Waals surface area contributed by atoms with E-state index in [0.29, 0.717) is 28.4 Å². The fourth-order valence-corrected chi connectivity index (χ4v) is 16.7. The molecule has 0 aromatic heterocycles. The van der Waals surface area contributed by atoms with Crippen molar-refractivity contribution in [2.75, 3.05) is 58.1 Å². The molecule has 0 aliphatic heterocycles. The average molecular weight is 1020 g/mol. The van der Waals surface area contributed by atoms with Crippen LogP contribution in [0.2, 0.25) is 0 Å². The van der Waals surface area contributed by atoms with Gasteiger partial charge >= 0.3 is 0 Å². The van der Waals surface area contributed by atoms with Crippen LogP contribution in [0.25, 0.3) is 0 Å². The number of hydrogen-bond acceptors (Lipinski definition) is 8. The first kappa shape index (κ1) is 61.8. The van der Waals surface area contributed by atoms with Crippen LogP contribution in [-0.4, -0.2) is 81.2 Å². The minimum Gasteiger partial charge on any atom is -0.354 e. The van der Waals surface area contributed by atoms with Crippen molar-refractivity contribution in [2.45, 2.75) is 252 Å². The second-order valence-electron chi connectivity index (χ2n) is 24.1. The zero-order chi connectivity index (χ0) is 50.3. The first-order valence-electron chi connectivity index (χ1n) is 30.4. The highest BCUT2D eigenvalue weighted by Gasteiger charge is 2.59. The van der Waals surface area contributed by atoms with Gasteiger partial charge in [-0.3, -0.25) is 9.59 Å². The van der Waals surface area contributed by atoms with Crippen LogP contribution < -0.4 is 32.3 Å². The number of rotatable bonds is 42. The third-order valence-corrected chi connectivity index (χ3v) is 21.1. The molecular weight excluding hydrogens is 901 g/mol. The van der Waals surface area contributed by atoms with Crippen LogP contribution in [0, 0.1) is 46.3 Å². The Hall–Kier alpha value is -0.780. The molecule has 408 valence electrons. The van der Waals surface area contributed by atoms with E-state index in [1.807, 2.05) is 21.6 Å². The summed E-state index contributed by atoms with van der Waals surface area (Å²) in [5.74, 6) is 5.68. The van der Waals surface area contributed by atoms with Crippen LogP contribution in [0.5, 0.6) is 0 Å². The van der Waals surface area contributed by atoms with Gasteiger partial charge in [-0.1, -0.05) is 190 Å². The summed E-state index contributed by atoms with van der Waals surface area (Å²) in [6.07, 6.45) is 43.5. The van der Waals surface area contributed by atoms with Crippen molar-refractivity contribution in [1.82, 2.24) is 26.6 Å². The number of nitrogens with one attached hydrogen (secondary N) is 5. The quantitative estimate of drug-likeness (QED) is 0.0203. The number of carbonyl (C=O) groups is 2. The van der Waals surface area contributed by atoms with E-state index >= 15 is 0 Å². The number of hydrogen-bond donors (Lipinski definition) is 6. The summed E-state index contributed by atoms with van der Waals surface area (Å²) in [7, 11) is 3.79. The lowest BCUT2D eigenvalue weighted by atomic mass is 9.47. The number of carbonyl (C=O) groups excluding carboxylic acids is 2. The molecule has 8 nitrogen and oxygen atoms in total. The Kier molecular flexibility index (Phi) is 32.0. The largest absolute Gasteiger partial charge is 0.354 e. The van der Waals surface area contributed by atoms with Crippen LogP contribution in [0.1, 0.15) is 241 Å². The number of allylic oxidation sites excluding steroid dienone is 2. The molecule has 4 aliphatic rings. The smallest absolute Gasteiger partial charge is 0.243 e. The van der Waals surface area contributed by atoms with Gasteiger partial charge in [0, 0.05) is 17.5 Å². The molecule has 0 aromatic carbocycles. The molecule has 4 aliphatic carbocycles. The molecule has 3 fully saturated rings. The molecule has 0 bridgehead atoms. The van der Waals surface area contributed by atoms with Crippen LogP contribution in [-0.2, 0) is 9.59 Å². The third-order valence-electron chi connectivity index (χ3n) is 18.2. The Bertz CT molecular complexity index is 1420. The van der Waals surface area contributed by atoms with E-state index in [0.717, 1.165) is 107 Å². The Labute approximate surface area is 441 Å². The highest BCUT2D eigenvalue weighted by atomic mass is 33.1. The number of nitrogens with two attached hydrogens (primary N) is 1. The molecule has 10 heteroatoms. The van der Waals surface area contributed by atoms with Crippen molar-refractivity contribution >= 4 is 33.4 Å². The van der Waals surface area contributed by atoms with Crippen LogP contribution >= 0.6 is 21.6 Å². The fraction of sp³-hybridized carbons (Fsp3) is 0.933. The highest BCUT2D eigenvalue weighted by molar-refractivity contribution is 8.77. The minimum absolute atomic E-state index is 0.0261. The molecule has 2 amide bonds. The van der Waals surface area contributed by atoms with Crippen LogP contribution in [0.3, 0.4) is 0 Å². The van der Waals surface area contributed by atoms with E-state index in [1.165, 1.54) is 167 Å². The van der Waals surface area contributed by atoms with Gasteiger partial charge in [0.2, 0.25) is 11.8 Å². The molecule has 9 atom stereocenters. The number of fused-ring (bicyclic) bond motifs is 5. The van der Waals surface area contributed by atoms with Gasteiger partial charge in [-0.05, 0) is 169 Å². The monoisotopic (exact) mass is 1010 g/mol. The Morgan fingerprint density at radius 3 is 1.91 bits per heavy atom. The fourth-order valence-electron chi connectivity index (χ4n) is 13.9. The summed E-state index contributed by atoms with van der Waals surface area (Å²) < 4.78 is 0. The van der Waals surface area contributed by atoms with Gasteiger partial charge in [-0.25, -0.2) is 0 Å². The van der Waals surface area contributed by atoms with Crippen molar-refractivity contribution in [3.63, 3.8) is 0 Å². The predicted molar refractivity (Wildman–Crippen MR) is 308 cm³/mol. The summed E-state index contributed by atoms with van der Waals surface area (Å²) in [6.45, 7) is 21.5. The van der Waals surface area contributed by atoms with E-state index in [9.17, 15) is 9.59 Å². The second-order valence-corrected chi connectivity index (χ2v) is 26.8. The standard InChI is InChI=1S/C60H114N6O2S2/c1-7-8-9-10-11-12-13-14-15-16-17-18-19-20-21-22-44-65-58(68)56(66-57(67)46-64-43-27-42-63-40-24-23-39-62-41-26-38-61)47-69-70-51-34-36-59(5)50(45-51)30-31-52-54-33-32-53(49(4)29-25-28-48(2)3)60(54,6)37-35-55(52)59/h30,48-49,51-56,62-64H,7-29,31-47,61H2,1-6H3,(H,65,68)(H,66,67)/t49-,51+,52?,53?,54?,55?,56?,59?,60?/m1/s1. The maximum atomic E-state index is 13.7. The van der Waals surface area contributed by atoms with Crippen molar-refractivity contribution in [1.29, 1.82) is 0 Å². The summed E-state index contributed by atoms with van der Waals surface area (Å²) in [5, 5.41) is 17.2. The molecule has 0 saturated heterocycles. The maximum absolute atomic E-state index is 13.7.